The minimum Gasteiger partial charge on any atom is -0.314 e. The maximum atomic E-state index is 13.9. The van der Waals surface area contributed by atoms with Gasteiger partial charge in [0.05, 0.1) is 4.47 Å². The van der Waals surface area contributed by atoms with Gasteiger partial charge >= 0.3 is 0 Å². The molecule has 0 aliphatic carbocycles. The van der Waals surface area contributed by atoms with Gasteiger partial charge in [0, 0.05) is 11.6 Å². The van der Waals surface area contributed by atoms with E-state index in [1.807, 2.05) is 13.2 Å². The summed E-state index contributed by atoms with van der Waals surface area (Å²) in [5.41, 5.74) is 0.163. The van der Waals surface area contributed by atoms with E-state index in [9.17, 15) is 8.78 Å². The van der Waals surface area contributed by atoms with Crippen molar-refractivity contribution < 1.29 is 8.78 Å². The lowest BCUT2D eigenvalue weighted by atomic mass is 10.0. The molecule has 1 N–H and O–H groups in total. The molecule has 1 atom stereocenters. The predicted octanol–water partition coefficient (Wildman–Crippen LogP) is 4.00. The summed E-state index contributed by atoms with van der Waals surface area (Å²) in [4.78, 5) is 0. The quantitative estimate of drug-likeness (QED) is 0.754. The van der Waals surface area contributed by atoms with E-state index in [4.69, 9.17) is 0 Å². The lowest BCUT2D eigenvalue weighted by Crippen LogP contribution is -2.32. The van der Waals surface area contributed by atoms with Crippen LogP contribution >= 0.6 is 27.7 Å². The number of halogens is 3. The van der Waals surface area contributed by atoms with Crippen LogP contribution in [0.25, 0.3) is 0 Å². The van der Waals surface area contributed by atoms with Crippen molar-refractivity contribution in [3.05, 3.63) is 33.8 Å². The summed E-state index contributed by atoms with van der Waals surface area (Å²) in [7, 11) is 0. The van der Waals surface area contributed by atoms with Crippen molar-refractivity contribution >= 4 is 27.7 Å². The van der Waals surface area contributed by atoms with Crippen LogP contribution in [0.15, 0.2) is 16.6 Å². The second kappa shape index (κ2) is 8.12. The Labute approximate surface area is 120 Å². The van der Waals surface area contributed by atoms with Crippen molar-refractivity contribution in [3.63, 3.8) is 0 Å². The molecule has 0 radical (unpaired) electrons. The van der Waals surface area contributed by atoms with E-state index in [2.05, 4.69) is 21.2 Å². The molecule has 0 aromatic heterocycles. The second-order valence-electron chi connectivity index (χ2n) is 4.06. The summed E-state index contributed by atoms with van der Waals surface area (Å²) in [6.07, 6.45) is 3.31. The van der Waals surface area contributed by atoms with Gasteiger partial charge in [0.2, 0.25) is 0 Å². The molecule has 18 heavy (non-hydrogen) atoms. The lowest BCUT2D eigenvalue weighted by Gasteiger charge is -2.18. The van der Waals surface area contributed by atoms with E-state index in [1.165, 1.54) is 12.1 Å². The molecule has 0 spiro atoms. The summed E-state index contributed by atoms with van der Waals surface area (Å²) in [5.74, 6) is 0.0272. The first-order chi connectivity index (χ1) is 8.60. The second-order valence-corrected chi connectivity index (χ2v) is 5.90. The molecule has 0 aliphatic rings. The van der Waals surface area contributed by atoms with Gasteiger partial charge in [-0.05, 0) is 59.5 Å². The first-order valence-electron chi connectivity index (χ1n) is 5.94. The fourth-order valence-electron chi connectivity index (χ4n) is 1.83. The minimum absolute atomic E-state index is 0.112. The molecule has 0 saturated heterocycles. The highest BCUT2D eigenvalue weighted by atomic mass is 79.9. The van der Waals surface area contributed by atoms with E-state index in [0.29, 0.717) is 10.9 Å². The number of likely N-dealkylation sites (N-methyl/N-ethyl adjacent to an activating group) is 1. The monoisotopic (exact) mass is 337 g/mol. The molecule has 102 valence electrons. The molecule has 0 aliphatic heterocycles. The number of rotatable bonds is 7. The molecule has 0 saturated carbocycles. The number of hydrogen-bond donors (Lipinski definition) is 1. The number of thioether (sulfide) groups is 1. The predicted molar refractivity (Wildman–Crippen MR) is 78.2 cm³/mol. The Morgan fingerprint density at radius 3 is 2.72 bits per heavy atom. The smallest absolute Gasteiger partial charge is 0.143 e. The van der Waals surface area contributed by atoms with E-state index >= 15 is 0 Å². The van der Waals surface area contributed by atoms with Gasteiger partial charge in [-0.25, -0.2) is 8.78 Å². The van der Waals surface area contributed by atoms with Crippen LogP contribution in [0, 0.1) is 11.6 Å². The Bertz CT molecular complexity index is 387. The molecule has 5 heteroatoms. The minimum atomic E-state index is -0.484. The van der Waals surface area contributed by atoms with Gasteiger partial charge < -0.3 is 5.32 Å². The van der Waals surface area contributed by atoms with Crippen molar-refractivity contribution in [2.45, 2.75) is 25.8 Å². The van der Waals surface area contributed by atoms with Crippen LogP contribution in [0.4, 0.5) is 8.78 Å². The number of benzene rings is 1. The van der Waals surface area contributed by atoms with Crippen LogP contribution in [-0.2, 0) is 6.42 Å². The van der Waals surface area contributed by atoms with E-state index in [0.717, 1.165) is 18.7 Å². The Balaban J connectivity index is 2.82. The molecule has 1 unspecified atom stereocenters. The summed E-state index contributed by atoms with van der Waals surface area (Å²) in [6.45, 7) is 2.80. The molecule has 1 rings (SSSR count). The third kappa shape index (κ3) is 4.52. The van der Waals surface area contributed by atoms with Crippen LogP contribution in [0.5, 0.6) is 0 Å². The van der Waals surface area contributed by atoms with Gasteiger partial charge in [0.1, 0.15) is 11.6 Å². The lowest BCUT2D eigenvalue weighted by molar-refractivity contribution is 0.478. The Hall–Kier alpha value is -0.130. The van der Waals surface area contributed by atoms with Gasteiger partial charge in [-0.1, -0.05) is 6.92 Å². The third-order valence-electron chi connectivity index (χ3n) is 2.75. The van der Waals surface area contributed by atoms with Crippen LogP contribution in [0.1, 0.15) is 18.9 Å². The molecule has 0 fully saturated rings. The van der Waals surface area contributed by atoms with Crippen molar-refractivity contribution in [2.24, 2.45) is 0 Å². The van der Waals surface area contributed by atoms with Crippen LogP contribution < -0.4 is 5.32 Å². The highest BCUT2D eigenvalue weighted by Gasteiger charge is 2.17. The Morgan fingerprint density at radius 1 is 1.39 bits per heavy atom. The fraction of sp³-hybridized carbons (Fsp3) is 0.538. The largest absolute Gasteiger partial charge is 0.314 e. The summed E-state index contributed by atoms with van der Waals surface area (Å²) < 4.78 is 27.8. The molecule has 0 bridgehead atoms. The van der Waals surface area contributed by atoms with Crippen LogP contribution in [0.3, 0.4) is 0 Å². The highest BCUT2D eigenvalue weighted by molar-refractivity contribution is 9.10. The fourth-order valence-corrected chi connectivity index (χ4v) is 2.72. The first kappa shape index (κ1) is 15.9. The normalized spacial score (nSPS) is 12.7. The standard InChI is InChI=1S/C13H18BrF2NS/c1-3-17-9(6-7-18-2)8-10-12(15)5-4-11(14)13(10)16/h4-5,9,17H,3,6-8H2,1-2H3. The van der Waals surface area contributed by atoms with Gasteiger partial charge in [0.15, 0.2) is 0 Å². The average molecular weight is 338 g/mol. The first-order valence-corrected chi connectivity index (χ1v) is 8.13. The summed E-state index contributed by atoms with van der Waals surface area (Å²) in [5, 5.41) is 3.28. The topological polar surface area (TPSA) is 12.0 Å². The zero-order valence-electron chi connectivity index (χ0n) is 10.6. The maximum Gasteiger partial charge on any atom is 0.143 e. The average Bonchev–Trinajstić information content (AvgIpc) is 2.36. The van der Waals surface area contributed by atoms with Crippen molar-refractivity contribution in [1.29, 1.82) is 0 Å². The zero-order valence-corrected chi connectivity index (χ0v) is 13.0. The summed E-state index contributed by atoms with van der Waals surface area (Å²) >= 11 is 4.84. The van der Waals surface area contributed by atoms with Crippen LogP contribution in [0.2, 0.25) is 0 Å². The summed E-state index contributed by atoms with van der Waals surface area (Å²) in [6, 6.07) is 2.82. The molecular weight excluding hydrogens is 320 g/mol. The van der Waals surface area contributed by atoms with Gasteiger partial charge in [-0.3, -0.25) is 0 Å². The number of nitrogens with one attached hydrogen (secondary N) is 1. The Morgan fingerprint density at radius 2 is 2.11 bits per heavy atom. The third-order valence-corrected chi connectivity index (χ3v) is 4.01. The van der Waals surface area contributed by atoms with Crippen molar-refractivity contribution in [1.82, 2.24) is 5.32 Å². The van der Waals surface area contributed by atoms with Crippen molar-refractivity contribution in [3.8, 4) is 0 Å². The zero-order chi connectivity index (χ0) is 13.5. The van der Waals surface area contributed by atoms with Gasteiger partial charge in [0.25, 0.3) is 0 Å². The van der Waals surface area contributed by atoms with E-state index in [-0.39, 0.29) is 11.6 Å². The molecule has 0 heterocycles. The van der Waals surface area contributed by atoms with E-state index < -0.39 is 11.6 Å². The van der Waals surface area contributed by atoms with Crippen LogP contribution in [-0.4, -0.2) is 24.6 Å². The molecule has 1 nitrogen and oxygen atoms in total. The SMILES string of the molecule is CCNC(CCSC)Cc1c(F)ccc(Br)c1F. The molecule has 1 aromatic carbocycles. The van der Waals surface area contributed by atoms with Gasteiger partial charge in [-0.2, -0.15) is 11.8 Å². The van der Waals surface area contributed by atoms with E-state index in [1.54, 1.807) is 11.8 Å². The molecule has 1 aromatic rings. The van der Waals surface area contributed by atoms with Crippen molar-refractivity contribution in [2.75, 3.05) is 18.6 Å². The highest BCUT2D eigenvalue weighted by Crippen LogP contribution is 2.23. The van der Waals surface area contributed by atoms with Gasteiger partial charge in [-0.15, -0.1) is 0 Å². The Kier molecular flexibility index (Phi) is 7.19. The number of hydrogen-bond acceptors (Lipinski definition) is 2. The maximum absolute atomic E-state index is 13.9. The molecular formula is C13H18BrF2NS. The molecule has 0 amide bonds.